The summed E-state index contributed by atoms with van der Waals surface area (Å²) in [6, 6.07) is 15.4. The lowest BCUT2D eigenvalue weighted by atomic mass is 10.1. The van der Waals surface area contributed by atoms with E-state index in [1.54, 1.807) is 36.4 Å². The van der Waals surface area contributed by atoms with Gasteiger partial charge in [0.05, 0.1) is 12.4 Å². The summed E-state index contributed by atoms with van der Waals surface area (Å²) in [6.45, 7) is 5.84. The topological polar surface area (TPSA) is 80.6 Å². The first kappa shape index (κ1) is 19.2. The van der Waals surface area contributed by atoms with Gasteiger partial charge in [0.1, 0.15) is 5.75 Å². The zero-order chi connectivity index (χ0) is 20.1. The Morgan fingerprint density at radius 2 is 1.71 bits per heavy atom. The van der Waals surface area contributed by atoms with Gasteiger partial charge in [-0.2, -0.15) is 0 Å². The Kier molecular flexibility index (Phi) is 5.79. The number of hydrogen-bond acceptors (Lipinski definition) is 4. The number of carbonyl (C=O) groups is 2. The van der Waals surface area contributed by atoms with Crippen LogP contribution in [0.25, 0.3) is 0 Å². The monoisotopic (exact) mass is 378 g/mol. The van der Waals surface area contributed by atoms with E-state index < -0.39 is 0 Å². The van der Waals surface area contributed by atoms with Crippen LogP contribution >= 0.6 is 0 Å². The molecule has 1 aromatic heterocycles. The number of nitrogens with one attached hydrogen (secondary N) is 2. The molecule has 2 amide bonds. The number of hydrogen-bond donors (Lipinski definition) is 2. The van der Waals surface area contributed by atoms with Crippen molar-refractivity contribution in [2.75, 3.05) is 10.6 Å². The number of furan rings is 1. The molecule has 3 aromatic rings. The van der Waals surface area contributed by atoms with Crippen molar-refractivity contribution in [3.8, 4) is 5.75 Å². The van der Waals surface area contributed by atoms with Gasteiger partial charge in [-0.15, -0.1) is 0 Å². The maximum absolute atomic E-state index is 12.5. The third-order valence-electron chi connectivity index (χ3n) is 3.97. The number of anilines is 2. The quantitative estimate of drug-likeness (QED) is 0.641. The van der Waals surface area contributed by atoms with Crippen LogP contribution in [0.4, 0.5) is 11.4 Å². The lowest BCUT2D eigenvalue weighted by Crippen LogP contribution is -2.14. The SMILES string of the molecule is Cc1cc(OC(C)C)ccc1NC(=O)c1ccc(NC(=O)c2ccco2)cc1. The highest BCUT2D eigenvalue weighted by atomic mass is 16.5. The molecule has 1 heterocycles. The molecular weight excluding hydrogens is 356 g/mol. The number of carbonyl (C=O) groups excluding carboxylic acids is 2. The minimum Gasteiger partial charge on any atom is -0.491 e. The fraction of sp³-hybridized carbons (Fsp3) is 0.182. The van der Waals surface area contributed by atoms with Crippen molar-refractivity contribution < 1.29 is 18.7 Å². The first-order chi connectivity index (χ1) is 13.4. The molecule has 0 spiro atoms. The molecule has 0 saturated heterocycles. The summed E-state index contributed by atoms with van der Waals surface area (Å²) in [5.74, 6) is 0.412. The van der Waals surface area contributed by atoms with Crippen LogP contribution in [0.2, 0.25) is 0 Å². The van der Waals surface area contributed by atoms with Crippen LogP contribution in [0.1, 0.15) is 40.3 Å². The Balaban J connectivity index is 1.64. The molecule has 0 unspecified atom stereocenters. The summed E-state index contributed by atoms with van der Waals surface area (Å²) in [4.78, 5) is 24.5. The molecule has 0 aliphatic rings. The predicted molar refractivity (Wildman–Crippen MR) is 108 cm³/mol. The molecule has 0 bridgehead atoms. The number of amides is 2. The van der Waals surface area contributed by atoms with E-state index in [4.69, 9.17) is 9.15 Å². The number of aryl methyl sites for hydroxylation is 1. The fourth-order valence-corrected chi connectivity index (χ4v) is 2.62. The molecule has 28 heavy (non-hydrogen) atoms. The predicted octanol–water partition coefficient (Wildman–Crippen LogP) is 4.88. The second kappa shape index (κ2) is 8.43. The van der Waals surface area contributed by atoms with Crippen LogP contribution in [0, 0.1) is 6.92 Å². The summed E-state index contributed by atoms with van der Waals surface area (Å²) < 4.78 is 10.7. The van der Waals surface area contributed by atoms with Gasteiger partial charge in [-0.05, 0) is 80.9 Å². The van der Waals surface area contributed by atoms with E-state index in [2.05, 4.69) is 10.6 Å². The Hall–Kier alpha value is -3.54. The third-order valence-corrected chi connectivity index (χ3v) is 3.97. The molecule has 0 saturated carbocycles. The van der Waals surface area contributed by atoms with Gasteiger partial charge in [0, 0.05) is 16.9 Å². The van der Waals surface area contributed by atoms with Gasteiger partial charge >= 0.3 is 0 Å². The molecule has 2 N–H and O–H groups in total. The first-order valence-electron chi connectivity index (χ1n) is 8.96. The van der Waals surface area contributed by atoms with Crippen molar-refractivity contribution in [2.45, 2.75) is 26.9 Å². The van der Waals surface area contributed by atoms with Crippen LogP contribution in [0.3, 0.4) is 0 Å². The molecule has 0 radical (unpaired) electrons. The highest BCUT2D eigenvalue weighted by Crippen LogP contribution is 2.23. The number of rotatable bonds is 6. The van der Waals surface area contributed by atoms with Gasteiger partial charge < -0.3 is 19.8 Å². The molecule has 0 fully saturated rings. The van der Waals surface area contributed by atoms with Crippen LogP contribution < -0.4 is 15.4 Å². The lowest BCUT2D eigenvalue weighted by Gasteiger charge is -2.13. The van der Waals surface area contributed by atoms with E-state index >= 15 is 0 Å². The Bertz CT molecular complexity index is 961. The van der Waals surface area contributed by atoms with Crippen LogP contribution in [0.5, 0.6) is 5.75 Å². The Morgan fingerprint density at radius 3 is 2.32 bits per heavy atom. The van der Waals surface area contributed by atoms with Crippen molar-refractivity contribution in [1.82, 2.24) is 0 Å². The summed E-state index contributed by atoms with van der Waals surface area (Å²) >= 11 is 0. The molecule has 6 nitrogen and oxygen atoms in total. The third kappa shape index (κ3) is 4.79. The standard InChI is InChI=1S/C22H22N2O4/c1-14(2)28-18-10-11-19(15(3)13-18)24-21(25)16-6-8-17(9-7-16)23-22(26)20-5-4-12-27-20/h4-14H,1-3H3,(H,23,26)(H,24,25). The van der Waals surface area contributed by atoms with Gasteiger partial charge in [-0.1, -0.05) is 0 Å². The van der Waals surface area contributed by atoms with E-state index in [0.717, 1.165) is 17.0 Å². The van der Waals surface area contributed by atoms with Gasteiger partial charge in [-0.25, -0.2) is 0 Å². The maximum Gasteiger partial charge on any atom is 0.291 e. The van der Waals surface area contributed by atoms with Crippen molar-refractivity contribution in [1.29, 1.82) is 0 Å². The smallest absolute Gasteiger partial charge is 0.291 e. The molecular formula is C22H22N2O4. The average Bonchev–Trinajstić information content (AvgIpc) is 3.19. The summed E-state index contributed by atoms with van der Waals surface area (Å²) in [5.41, 5.74) is 2.69. The van der Waals surface area contributed by atoms with Crippen molar-refractivity contribution in [2.24, 2.45) is 0 Å². The zero-order valence-corrected chi connectivity index (χ0v) is 16.0. The van der Waals surface area contributed by atoms with Gasteiger partial charge in [-0.3, -0.25) is 9.59 Å². The highest BCUT2D eigenvalue weighted by molar-refractivity contribution is 6.05. The summed E-state index contributed by atoms with van der Waals surface area (Å²) in [6.07, 6.45) is 1.53. The second-order valence-electron chi connectivity index (χ2n) is 6.61. The number of ether oxygens (including phenoxy) is 1. The molecule has 0 atom stereocenters. The largest absolute Gasteiger partial charge is 0.491 e. The first-order valence-corrected chi connectivity index (χ1v) is 8.96. The molecule has 2 aromatic carbocycles. The van der Waals surface area contributed by atoms with E-state index in [9.17, 15) is 9.59 Å². The summed E-state index contributed by atoms with van der Waals surface area (Å²) in [7, 11) is 0. The second-order valence-corrected chi connectivity index (χ2v) is 6.61. The minimum absolute atomic E-state index is 0.0895. The molecule has 0 aliphatic heterocycles. The van der Waals surface area contributed by atoms with E-state index in [0.29, 0.717) is 11.3 Å². The van der Waals surface area contributed by atoms with Crippen LogP contribution in [0.15, 0.2) is 65.3 Å². The molecule has 144 valence electrons. The van der Waals surface area contributed by atoms with Crippen LogP contribution in [-0.4, -0.2) is 17.9 Å². The Morgan fingerprint density at radius 1 is 0.964 bits per heavy atom. The fourth-order valence-electron chi connectivity index (χ4n) is 2.62. The lowest BCUT2D eigenvalue weighted by molar-refractivity contribution is 0.0995. The van der Waals surface area contributed by atoms with Gasteiger partial charge in [0.15, 0.2) is 5.76 Å². The van der Waals surface area contributed by atoms with E-state index in [1.807, 2.05) is 39.0 Å². The zero-order valence-electron chi connectivity index (χ0n) is 16.0. The minimum atomic E-state index is -0.346. The highest BCUT2D eigenvalue weighted by Gasteiger charge is 2.11. The van der Waals surface area contributed by atoms with Crippen molar-refractivity contribution >= 4 is 23.2 Å². The maximum atomic E-state index is 12.5. The van der Waals surface area contributed by atoms with Gasteiger partial charge in [0.2, 0.25) is 0 Å². The Labute approximate surface area is 163 Å². The number of benzene rings is 2. The normalized spacial score (nSPS) is 10.6. The van der Waals surface area contributed by atoms with E-state index in [-0.39, 0.29) is 23.7 Å². The van der Waals surface area contributed by atoms with Gasteiger partial charge in [0.25, 0.3) is 11.8 Å². The molecule has 3 rings (SSSR count). The van der Waals surface area contributed by atoms with Crippen molar-refractivity contribution in [3.05, 3.63) is 77.7 Å². The molecule has 6 heteroatoms. The molecule has 0 aliphatic carbocycles. The van der Waals surface area contributed by atoms with E-state index in [1.165, 1.54) is 6.26 Å². The van der Waals surface area contributed by atoms with Crippen molar-refractivity contribution in [3.63, 3.8) is 0 Å². The average molecular weight is 378 g/mol. The van der Waals surface area contributed by atoms with Crippen LogP contribution in [-0.2, 0) is 0 Å². The summed E-state index contributed by atoms with van der Waals surface area (Å²) in [5, 5.41) is 5.61.